The van der Waals surface area contributed by atoms with E-state index in [4.69, 9.17) is 0 Å². The van der Waals surface area contributed by atoms with E-state index >= 15 is 0 Å². The van der Waals surface area contributed by atoms with Gasteiger partial charge in [0.05, 0.1) is 11.4 Å². The molecule has 2 aromatic heterocycles. The zero-order chi connectivity index (χ0) is 13.0. The largest absolute Gasteiger partial charge is 0.337 e. The lowest BCUT2D eigenvalue weighted by Crippen LogP contribution is -2.06. The zero-order valence-corrected chi connectivity index (χ0v) is 11.2. The van der Waals surface area contributed by atoms with E-state index in [0.29, 0.717) is 11.4 Å². The van der Waals surface area contributed by atoms with Crippen molar-refractivity contribution >= 4 is 22.8 Å². The fourth-order valence-corrected chi connectivity index (χ4v) is 2.44. The van der Waals surface area contributed by atoms with Gasteiger partial charge < -0.3 is 5.32 Å². The molecule has 0 spiro atoms. The van der Waals surface area contributed by atoms with Crippen LogP contribution in [-0.2, 0) is 12.8 Å². The normalized spacial score (nSPS) is 10.1. The van der Waals surface area contributed by atoms with Crippen LogP contribution in [0.4, 0.5) is 11.5 Å². The van der Waals surface area contributed by atoms with Crippen LogP contribution in [-0.4, -0.2) is 10.2 Å². The molecular weight excluding hydrogens is 244 g/mol. The van der Waals surface area contributed by atoms with Crippen LogP contribution in [0, 0.1) is 11.3 Å². The highest BCUT2D eigenvalue weighted by Crippen LogP contribution is 2.24. The molecule has 0 saturated carbocycles. The Morgan fingerprint density at radius 1 is 1.33 bits per heavy atom. The summed E-state index contributed by atoms with van der Waals surface area (Å²) in [7, 11) is 0. The lowest BCUT2D eigenvalue weighted by Gasteiger charge is -2.10. The van der Waals surface area contributed by atoms with Gasteiger partial charge in [0.2, 0.25) is 0 Å². The third kappa shape index (κ3) is 2.34. The van der Waals surface area contributed by atoms with Gasteiger partial charge in [-0.05, 0) is 29.9 Å². The highest BCUT2D eigenvalue weighted by atomic mass is 32.1. The van der Waals surface area contributed by atoms with E-state index in [1.807, 2.05) is 30.7 Å². The molecule has 0 amide bonds. The predicted octanol–water partition coefficient (Wildman–Crippen LogP) is 3.28. The summed E-state index contributed by atoms with van der Waals surface area (Å²) in [5.41, 5.74) is 3.45. The van der Waals surface area contributed by atoms with Crippen LogP contribution in [0.15, 0.2) is 16.8 Å². The van der Waals surface area contributed by atoms with Crippen molar-refractivity contribution in [3.8, 4) is 6.07 Å². The Hall–Kier alpha value is -1.93. The molecule has 2 aromatic rings. The lowest BCUT2D eigenvalue weighted by molar-refractivity contribution is 0.877. The van der Waals surface area contributed by atoms with Crippen LogP contribution in [0.3, 0.4) is 0 Å². The number of nitrogens with zero attached hydrogens (tertiary/aromatic N) is 3. The molecule has 0 aliphatic rings. The first kappa shape index (κ1) is 12.5. The number of nitrogens with one attached hydrogen (secondary N) is 1. The van der Waals surface area contributed by atoms with E-state index in [1.165, 1.54) is 0 Å². The van der Waals surface area contributed by atoms with Gasteiger partial charge in [-0.25, -0.2) is 0 Å². The Kier molecular flexibility index (Phi) is 3.90. The second-order valence-electron chi connectivity index (χ2n) is 3.80. The van der Waals surface area contributed by atoms with Crippen molar-refractivity contribution < 1.29 is 0 Å². The smallest absolute Gasteiger partial charge is 0.171 e. The Bertz CT molecular complexity index is 569. The van der Waals surface area contributed by atoms with Crippen LogP contribution in [0.5, 0.6) is 0 Å². The molecule has 18 heavy (non-hydrogen) atoms. The van der Waals surface area contributed by atoms with Crippen LogP contribution in [0.2, 0.25) is 0 Å². The molecule has 4 nitrogen and oxygen atoms in total. The SMILES string of the molecule is CCc1nnc(Nc2ccsc2)c(C#N)c1CC. The number of hydrogen-bond donors (Lipinski definition) is 1. The summed E-state index contributed by atoms with van der Waals surface area (Å²) in [6.07, 6.45) is 1.59. The molecule has 0 aliphatic carbocycles. The maximum Gasteiger partial charge on any atom is 0.171 e. The summed E-state index contributed by atoms with van der Waals surface area (Å²) in [5, 5.41) is 24.7. The number of anilines is 2. The Morgan fingerprint density at radius 2 is 2.17 bits per heavy atom. The standard InChI is InChI=1S/C13H14N4S/c1-3-10-11(7-14)13(17-16-12(10)4-2)15-9-5-6-18-8-9/h5-6,8H,3-4H2,1-2H3,(H,15,17). The van der Waals surface area contributed by atoms with E-state index in [9.17, 15) is 5.26 Å². The number of nitriles is 1. The van der Waals surface area contributed by atoms with Gasteiger partial charge in [-0.1, -0.05) is 13.8 Å². The molecule has 0 aliphatic heterocycles. The van der Waals surface area contributed by atoms with Gasteiger partial charge in [0.15, 0.2) is 5.82 Å². The summed E-state index contributed by atoms with van der Waals surface area (Å²) in [5.74, 6) is 0.546. The molecule has 2 rings (SSSR count). The first-order valence-corrected chi connectivity index (χ1v) is 6.82. The van der Waals surface area contributed by atoms with E-state index in [1.54, 1.807) is 11.3 Å². The number of rotatable bonds is 4. The second kappa shape index (κ2) is 5.61. The summed E-state index contributed by atoms with van der Waals surface area (Å²) < 4.78 is 0. The summed E-state index contributed by atoms with van der Waals surface area (Å²) in [6, 6.07) is 4.19. The van der Waals surface area contributed by atoms with Gasteiger partial charge >= 0.3 is 0 Å². The minimum Gasteiger partial charge on any atom is -0.337 e. The average Bonchev–Trinajstić information content (AvgIpc) is 2.90. The van der Waals surface area contributed by atoms with Crippen molar-refractivity contribution in [1.82, 2.24) is 10.2 Å². The van der Waals surface area contributed by atoms with Crippen molar-refractivity contribution in [3.05, 3.63) is 33.6 Å². The summed E-state index contributed by atoms with van der Waals surface area (Å²) >= 11 is 1.60. The average molecular weight is 258 g/mol. The van der Waals surface area contributed by atoms with Crippen molar-refractivity contribution in [2.75, 3.05) is 5.32 Å². The molecule has 0 aromatic carbocycles. The molecule has 0 unspecified atom stereocenters. The van der Waals surface area contributed by atoms with E-state index in [0.717, 1.165) is 29.8 Å². The molecule has 0 bridgehead atoms. The molecule has 0 atom stereocenters. The molecule has 5 heteroatoms. The first-order valence-electron chi connectivity index (χ1n) is 5.87. The Balaban J connectivity index is 2.45. The van der Waals surface area contributed by atoms with Crippen LogP contribution >= 0.6 is 11.3 Å². The molecular formula is C13H14N4S. The number of aryl methyl sites for hydroxylation is 1. The van der Waals surface area contributed by atoms with E-state index in [2.05, 4.69) is 21.6 Å². The first-order chi connectivity index (χ1) is 8.80. The Morgan fingerprint density at radius 3 is 2.72 bits per heavy atom. The molecule has 1 N–H and O–H groups in total. The van der Waals surface area contributed by atoms with Gasteiger partial charge in [-0.15, -0.1) is 5.10 Å². The van der Waals surface area contributed by atoms with Gasteiger partial charge in [0, 0.05) is 5.38 Å². The lowest BCUT2D eigenvalue weighted by atomic mass is 10.0. The molecule has 0 fully saturated rings. The number of thiophene rings is 1. The topological polar surface area (TPSA) is 61.6 Å². The maximum absolute atomic E-state index is 9.32. The summed E-state index contributed by atoms with van der Waals surface area (Å²) in [4.78, 5) is 0. The second-order valence-corrected chi connectivity index (χ2v) is 4.58. The monoisotopic (exact) mass is 258 g/mol. The van der Waals surface area contributed by atoms with Gasteiger partial charge in [0.1, 0.15) is 11.6 Å². The van der Waals surface area contributed by atoms with Gasteiger partial charge in [-0.3, -0.25) is 0 Å². The third-order valence-corrected chi connectivity index (χ3v) is 3.43. The van der Waals surface area contributed by atoms with Crippen molar-refractivity contribution in [1.29, 1.82) is 5.26 Å². The fraction of sp³-hybridized carbons (Fsp3) is 0.308. The van der Waals surface area contributed by atoms with E-state index in [-0.39, 0.29) is 0 Å². The molecule has 2 heterocycles. The van der Waals surface area contributed by atoms with Crippen LogP contribution < -0.4 is 5.32 Å². The minimum atomic E-state index is 0.546. The van der Waals surface area contributed by atoms with Crippen LogP contribution in [0.1, 0.15) is 30.7 Å². The van der Waals surface area contributed by atoms with Crippen LogP contribution in [0.25, 0.3) is 0 Å². The van der Waals surface area contributed by atoms with Gasteiger partial charge in [0.25, 0.3) is 0 Å². The maximum atomic E-state index is 9.32. The Labute approximate surface area is 110 Å². The number of aromatic nitrogens is 2. The molecule has 92 valence electrons. The van der Waals surface area contributed by atoms with Crippen molar-refractivity contribution in [3.63, 3.8) is 0 Å². The third-order valence-electron chi connectivity index (χ3n) is 2.74. The zero-order valence-electron chi connectivity index (χ0n) is 10.4. The quantitative estimate of drug-likeness (QED) is 0.914. The molecule has 0 radical (unpaired) electrons. The van der Waals surface area contributed by atoms with Crippen molar-refractivity contribution in [2.45, 2.75) is 26.7 Å². The highest BCUT2D eigenvalue weighted by molar-refractivity contribution is 7.08. The highest BCUT2D eigenvalue weighted by Gasteiger charge is 2.14. The fourth-order valence-electron chi connectivity index (χ4n) is 1.85. The number of hydrogen-bond acceptors (Lipinski definition) is 5. The molecule has 0 saturated heterocycles. The van der Waals surface area contributed by atoms with Crippen molar-refractivity contribution in [2.24, 2.45) is 0 Å². The summed E-state index contributed by atoms with van der Waals surface area (Å²) in [6.45, 7) is 4.06. The van der Waals surface area contributed by atoms with E-state index < -0.39 is 0 Å². The minimum absolute atomic E-state index is 0.546. The van der Waals surface area contributed by atoms with Gasteiger partial charge in [-0.2, -0.15) is 21.7 Å². The predicted molar refractivity (Wildman–Crippen MR) is 73.1 cm³/mol.